The van der Waals surface area contributed by atoms with Crippen molar-refractivity contribution in [1.29, 1.82) is 0 Å². The number of ether oxygens (including phenoxy) is 2. The third-order valence-corrected chi connectivity index (χ3v) is 4.95. The van der Waals surface area contributed by atoms with Gasteiger partial charge in [-0.1, -0.05) is 17.8 Å². The topological polar surface area (TPSA) is 77.0 Å². The van der Waals surface area contributed by atoms with Crippen molar-refractivity contribution in [2.24, 2.45) is 0 Å². The number of fused-ring (bicyclic) bond motifs is 1. The molecular formula is C16H17N5O2S. The van der Waals surface area contributed by atoms with Gasteiger partial charge in [-0.25, -0.2) is 4.68 Å². The molecule has 0 aliphatic carbocycles. The Morgan fingerprint density at radius 3 is 2.79 bits per heavy atom. The first-order chi connectivity index (χ1) is 11.8. The van der Waals surface area contributed by atoms with Crippen LogP contribution in [0.5, 0.6) is 11.5 Å². The SMILES string of the molecule is COc1ccc(Cc2nnc3n2NC(c2ccc[nH]2)S3)cc1OC. The maximum absolute atomic E-state index is 5.36. The zero-order chi connectivity index (χ0) is 16.5. The van der Waals surface area contributed by atoms with Crippen molar-refractivity contribution < 1.29 is 9.47 Å². The molecule has 0 amide bonds. The summed E-state index contributed by atoms with van der Waals surface area (Å²) in [5.74, 6) is 2.29. The molecule has 0 radical (unpaired) electrons. The zero-order valence-corrected chi connectivity index (χ0v) is 14.1. The Morgan fingerprint density at radius 2 is 2.04 bits per heavy atom. The molecular weight excluding hydrogens is 326 g/mol. The Hall–Kier alpha value is -2.61. The van der Waals surface area contributed by atoms with Crippen LogP contribution >= 0.6 is 11.8 Å². The third kappa shape index (κ3) is 2.58. The molecule has 1 aliphatic heterocycles. The Bertz CT molecular complexity index is 846. The largest absolute Gasteiger partial charge is 0.493 e. The number of thioether (sulfide) groups is 1. The maximum Gasteiger partial charge on any atom is 0.212 e. The van der Waals surface area contributed by atoms with E-state index in [0.717, 1.165) is 22.2 Å². The van der Waals surface area contributed by atoms with E-state index in [1.54, 1.807) is 26.0 Å². The molecule has 8 heteroatoms. The molecule has 1 aromatic carbocycles. The van der Waals surface area contributed by atoms with Crippen molar-refractivity contribution in [3.63, 3.8) is 0 Å². The molecule has 2 N–H and O–H groups in total. The normalized spacial score (nSPS) is 15.8. The maximum atomic E-state index is 5.36. The molecule has 3 heterocycles. The van der Waals surface area contributed by atoms with Crippen LogP contribution in [-0.4, -0.2) is 34.1 Å². The number of nitrogens with one attached hydrogen (secondary N) is 2. The number of benzene rings is 1. The van der Waals surface area contributed by atoms with Crippen LogP contribution < -0.4 is 14.9 Å². The average Bonchev–Trinajstić information content (AvgIpc) is 3.32. The fraction of sp³-hybridized carbons (Fsp3) is 0.250. The lowest BCUT2D eigenvalue weighted by atomic mass is 10.1. The first-order valence-corrected chi connectivity index (χ1v) is 8.38. The standard InChI is InChI=1S/C16H17N5O2S/c1-22-12-6-5-10(8-13(12)23-2)9-14-18-19-16-21(14)20-15(24-16)11-4-3-7-17-11/h3-8,15,17,20H,9H2,1-2H3. The van der Waals surface area contributed by atoms with Crippen LogP contribution in [0.15, 0.2) is 41.7 Å². The molecule has 1 unspecified atom stereocenters. The van der Waals surface area contributed by atoms with E-state index in [9.17, 15) is 0 Å². The molecule has 0 spiro atoms. The molecule has 1 atom stereocenters. The van der Waals surface area contributed by atoms with Crippen LogP contribution in [0.25, 0.3) is 0 Å². The number of nitrogens with zero attached hydrogens (tertiary/aromatic N) is 3. The van der Waals surface area contributed by atoms with E-state index >= 15 is 0 Å². The molecule has 24 heavy (non-hydrogen) atoms. The third-order valence-electron chi connectivity index (χ3n) is 3.88. The number of H-pyrrole nitrogens is 1. The van der Waals surface area contributed by atoms with Gasteiger partial charge in [-0.15, -0.1) is 10.2 Å². The zero-order valence-electron chi connectivity index (χ0n) is 13.3. The summed E-state index contributed by atoms with van der Waals surface area (Å²) in [5, 5.41) is 9.55. The van der Waals surface area contributed by atoms with Crippen molar-refractivity contribution in [3.8, 4) is 11.5 Å². The second-order valence-electron chi connectivity index (χ2n) is 5.35. The molecule has 0 fully saturated rings. The molecule has 124 valence electrons. The number of aromatic amines is 1. The fourth-order valence-electron chi connectivity index (χ4n) is 2.68. The van der Waals surface area contributed by atoms with Gasteiger partial charge in [0.05, 0.1) is 14.2 Å². The van der Waals surface area contributed by atoms with Crippen molar-refractivity contribution in [3.05, 3.63) is 53.6 Å². The highest BCUT2D eigenvalue weighted by Crippen LogP contribution is 2.38. The molecule has 0 saturated heterocycles. The monoisotopic (exact) mass is 343 g/mol. The van der Waals surface area contributed by atoms with Crippen LogP contribution in [0.3, 0.4) is 0 Å². The summed E-state index contributed by atoms with van der Waals surface area (Å²) in [4.78, 5) is 3.23. The minimum atomic E-state index is 0.120. The summed E-state index contributed by atoms with van der Waals surface area (Å²) >= 11 is 1.64. The van der Waals surface area contributed by atoms with E-state index in [1.807, 2.05) is 35.1 Å². The van der Waals surface area contributed by atoms with Crippen LogP contribution in [0, 0.1) is 0 Å². The van der Waals surface area contributed by atoms with Crippen LogP contribution in [0.1, 0.15) is 22.5 Å². The number of hydrogen-bond acceptors (Lipinski definition) is 6. The summed E-state index contributed by atoms with van der Waals surface area (Å²) in [6.07, 6.45) is 2.57. The Balaban J connectivity index is 1.56. The summed E-state index contributed by atoms with van der Waals surface area (Å²) in [7, 11) is 3.26. The van der Waals surface area contributed by atoms with Gasteiger partial charge in [0, 0.05) is 18.3 Å². The van der Waals surface area contributed by atoms with E-state index in [2.05, 4.69) is 26.7 Å². The summed E-state index contributed by atoms with van der Waals surface area (Å²) < 4.78 is 12.6. The van der Waals surface area contributed by atoms with E-state index in [4.69, 9.17) is 9.47 Å². The number of rotatable bonds is 5. The van der Waals surface area contributed by atoms with Gasteiger partial charge in [-0.05, 0) is 29.8 Å². The molecule has 3 aromatic rings. The van der Waals surface area contributed by atoms with Crippen molar-refractivity contribution >= 4 is 11.8 Å². The van der Waals surface area contributed by atoms with Crippen molar-refractivity contribution in [2.75, 3.05) is 19.6 Å². The predicted molar refractivity (Wildman–Crippen MR) is 91.1 cm³/mol. The van der Waals surface area contributed by atoms with Crippen molar-refractivity contribution in [2.45, 2.75) is 17.0 Å². The minimum Gasteiger partial charge on any atom is -0.493 e. The van der Waals surface area contributed by atoms with E-state index in [1.165, 1.54) is 0 Å². The minimum absolute atomic E-state index is 0.120. The second kappa shape index (κ2) is 6.12. The predicted octanol–water partition coefficient (Wildman–Crippen LogP) is 2.56. The van der Waals surface area contributed by atoms with E-state index in [-0.39, 0.29) is 5.37 Å². The lowest BCUT2D eigenvalue weighted by molar-refractivity contribution is 0.354. The van der Waals surface area contributed by atoms with E-state index < -0.39 is 0 Å². The van der Waals surface area contributed by atoms with Gasteiger partial charge in [0.2, 0.25) is 5.16 Å². The Morgan fingerprint density at radius 1 is 1.17 bits per heavy atom. The molecule has 4 rings (SSSR count). The van der Waals surface area contributed by atoms with Crippen LogP contribution in [-0.2, 0) is 6.42 Å². The lowest BCUT2D eigenvalue weighted by Crippen LogP contribution is -2.16. The van der Waals surface area contributed by atoms with E-state index in [0.29, 0.717) is 17.9 Å². The van der Waals surface area contributed by atoms with Crippen LogP contribution in [0.2, 0.25) is 0 Å². The second-order valence-corrected chi connectivity index (χ2v) is 6.43. The summed E-state index contributed by atoms with van der Waals surface area (Å²) in [5.41, 5.74) is 5.62. The number of methoxy groups -OCH3 is 2. The smallest absolute Gasteiger partial charge is 0.212 e. The molecule has 1 aliphatic rings. The van der Waals surface area contributed by atoms with Gasteiger partial charge in [0.1, 0.15) is 5.37 Å². The fourth-order valence-corrected chi connectivity index (χ4v) is 3.68. The first kappa shape index (κ1) is 14.9. The molecule has 2 aromatic heterocycles. The highest BCUT2D eigenvalue weighted by molar-refractivity contribution is 7.99. The van der Waals surface area contributed by atoms with Crippen molar-refractivity contribution in [1.82, 2.24) is 19.9 Å². The number of hydrogen-bond donors (Lipinski definition) is 2. The van der Waals surface area contributed by atoms with Gasteiger partial charge in [-0.2, -0.15) is 0 Å². The summed E-state index contributed by atoms with van der Waals surface area (Å²) in [6.45, 7) is 0. The molecule has 0 bridgehead atoms. The number of aromatic nitrogens is 4. The summed E-state index contributed by atoms with van der Waals surface area (Å²) in [6, 6.07) is 9.91. The van der Waals surface area contributed by atoms with Gasteiger partial charge in [-0.3, -0.25) is 0 Å². The molecule has 7 nitrogen and oxygen atoms in total. The Kier molecular flexibility index (Phi) is 3.81. The van der Waals surface area contributed by atoms with Gasteiger partial charge in [0.25, 0.3) is 0 Å². The van der Waals surface area contributed by atoms with Gasteiger partial charge in [0.15, 0.2) is 17.3 Å². The van der Waals surface area contributed by atoms with Gasteiger partial charge >= 0.3 is 0 Å². The average molecular weight is 343 g/mol. The van der Waals surface area contributed by atoms with Gasteiger partial charge < -0.3 is 19.9 Å². The Labute approximate surface area is 143 Å². The highest BCUT2D eigenvalue weighted by Gasteiger charge is 2.28. The molecule has 0 saturated carbocycles. The lowest BCUT2D eigenvalue weighted by Gasteiger charge is -2.11. The van der Waals surface area contributed by atoms with Crippen LogP contribution in [0.4, 0.5) is 0 Å². The first-order valence-electron chi connectivity index (χ1n) is 7.50. The quantitative estimate of drug-likeness (QED) is 0.741. The highest BCUT2D eigenvalue weighted by atomic mass is 32.2.